The molecule has 0 radical (unpaired) electrons. The quantitative estimate of drug-likeness (QED) is 0.800. The standard InChI is InChI=1S/C17H18N4/c1-3-15-14(10-11(2)20-21-15)17(18)13-6-4-8-16-12(13)7-5-9-19-16/h4-10,17H,3,18H2,1-2H3. The molecule has 0 aliphatic heterocycles. The maximum absolute atomic E-state index is 6.53. The van der Waals surface area contributed by atoms with Gasteiger partial charge in [-0.2, -0.15) is 10.2 Å². The van der Waals surface area contributed by atoms with Crippen LogP contribution in [0.1, 0.15) is 35.5 Å². The Labute approximate surface area is 124 Å². The van der Waals surface area contributed by atoms with Crippen LogP contribution in [0, 0.1) is 6.92 Å². The van der Waals surface area contributed by atoms with Crippen molar-refractivity contribution in [3.63, 3.8) is 0 Å². The summed E-state index contributed by atoms with van der Waals surface area (Å²) < 4.78 is 0. The third kappa shape index (κ3) is 2.50. The minimum atomic E-state index is -0.220. The van der Waals surface area contributed by atoms with Crippen LogP contribution in [0.15, 0.2) is 42.6 Å². The Morgan fingerprint density at radius 3 is 2.76 bits per heavy atom. The molecule has 0 aliphatic carbocycles. The molecule has 106 valence electrons. The number of rotatable bonds is 3. The molecule has 1 unspecified atom stereocenters. The summed E-state index contributed by atoms with van der Waals surface area (Å²) in [5.74, 6) is 0. The van der Waals surface area contributed by atoms with Crippen LogP contribution in [0.25, 0.3) is 10.9 Å². The molecule has 2 heterocycles. The Balaban J connectivity index is 2.17. The first kappa shape index (κ1) is 13.6. The van der Waals surface area contributed by atoms with E-state index in [0.717, 1.165) is 39.8 Å². The number of hydrogen-bond acceptors (Lipinski definition) is 4. The Morgan fingerprint density at radius 1 is 1.10 bits per heavy atom. The number of nitrogens with zero attached hydrogens (tertiary/aromatic N) is 3. The molecule has 0 aliphatic rings. The Bertz CT molecular complexity index is 777. The molecular formula is C17H18N4. The van der Waals surface area contributed by atoms with E-state index in [1.807, 2.05) is 31.2 Å². The van der Waals surface area contributed by atoms with Gasteiger partial charge < -0.3 is 5.73 Å². The van der Waals surface area contributed by atoms with Crippen molar-refractivity contribution in [2.45, 2.75) is 26.3 Å². The average Bonchev–Trinajstić information content (AvgIpc) is 2.53. The lowest BCUT2D eigenvalue weighted by molar-refractivity contribution is 0.793. The molecule has 0 spiro atoms. The Hall–Kier alpha value is -2.33. The maximum Gasteiger partial charge on any atom is 0.0705 e. The van der Waals surface area contributed by atoms with E-state index in [1.54, 1.807) is 6.20 Å². The molecule has 2 N–H and O–H groups in total. The van der Waals surface area contributed by atoms with Crippen LogP contribution in [0.4, 0.5) is 0 Å². The molecular weight excluding hydrogens is 260 g/mol. The van der Waals surface area contributed by atoms with Gasteiger partial charge in [0.05, 0.1) is 22.9 Å². The van der Waals surface area contributed by atoms with Crippen LogP contribution in [0.5, 0.6) is 0 Å². The smallest absolute Gasteiger partial charge is 0.0705 e. The SMILES string of the molecule is CCc1nnc(C)cc1C(N)c1cccc2ncccc12. The highest BCUT2D eigenvalue weighted by Crippen LogP contribution is 2.28. The van der Waals surface area contributed by atoms with Gasteiger partial charge in [0.25, 0.3) is 0 Å². The van der Waals surface area contributed by atoms with E-state index in [-0.39, 0.29) is 6.04 Å². The van der Waals surface area contributed by atoms with Crippen LogP contribution in [0.3, 0.4) is 0 Å². The third-order valence-electron chi connectivity index (χ3n) is 3.71. The van der Waals surface area contributed by atoms with Crippen molar-refractivity contribution in [3.05, 3.63) is 65.1 Å². The summed E-state index contributed by atoms with van der Waals surface area (Å²) >= 11 is 0. The summed E-state index contributed by atoms with van der Waals surface area (Å²) in [5.41, 5.74) is 11.4. The zero-order chi connectivity index (χ0) is 14.8. The Morgan fingerprint density at radius 2 is 1.95 bits per heavy atom. The number of hydrogen-bond donors (Lipinski definition) is 1. The predicted octanol–water partition coefficient (Wildman–Crippen LogP) is 2.94. The van der Waals surface area contributed by atoms with Crippen LogP contribution < -0.4 is 5.73 Å². The van der Waals surface area contributed by atoms with Gasteiger partial charge in [0.1, 0.15) is 0 Å². The topological polar surface area (TPSA) is 64.7 Å². The molecule has 1 atom stereocenters. The van der Waals surface area contributed by atoms with Crippen LogP contribution in [-0.4, -0.2) is 15.2 Å². The zero-order valence-electron chi connectivity index (χ0n) is 12.2. The van der Waals surface area contributed by atoms with Crippen molar-refractivity contribution in [3.8, 4) is 0 Å². The van der Waals surface area contributed by atoms with E-state index in [1.165, 1.54) is 0 Å². The molecule has 2 aromatic heterocycles. The molecule has 21 heavy (non-hydrogen) atoms. The highest BCUT2D eigenvalue weighted by molar-refractivity contribution is 5.83. The third-order valence-corrected chi connectivity index (χ3v) is 3.71. The van der Waals surface area contributed by atoms with Crippen molar-refractivity contribution in [1.82, 2.24) is 15.2 Å². The molecule has 1 aromatic carbocycles. The predicted molar refractivity (Wildman–Crippen MR) is 83.9 cm³/mol. The minimum Gasteiger partial charge on any atom is -0.320 e. The molecule has 0 fully saturated rings. The van der Waals surface area contributed by atoms with Crippen LogP contribution in [0.2, 0.25) is 0 Å². The summed E-state index contributed by atoms with van der Waals surface area (Å²) in [6.45, 7) is 4.01. The number of nitrogens with two attached hydrogens (primary N) is 1. The van der Waals surface area contributed by atoms with Gasteiger partial charge in [-0.25, -0.2) is 0 Å². The Kier molecular flexibility index (Phi) is 3.62. The summed E-state index contributed by atoms with van der Waals surface area (Å²) in [6.07, 6.45) is 2.62. The van der Waals surface area contributed by atoms with E-state index >= 15 is 0 Å². The lowest BCUT2D eigenvalue weighted by Crippen LogP contribution is -2.16. The zero-order valence-corrected chi connectivity index (χ0v) is 12.2. The molecule has 0 amide bonds. The second kappa shape index (κ2) is 5.58. The molecule has 4 nitrogen and oxygen atoms in total. The van der Waals surface area contributed by atoms with E-state index in [2.05, 4.69) is 34.2 Å². The highest BCUT2D eigenvalue weighted by Gasteiger charge is 2.16. The molecule has 0 bridgehead atoms. The van der Waals surface area contributed by atoms with Crippen LogP contribution in [-0.2, 0) is 6.42 Å². The average molecular weight is 278 g/mol. The summed E-state index contributed by atoms with van der Waals surface area (Å²) in [4.78, 5) is 4.39. The van der Waals surface area contributed by atoms with Crippen molar-refractivity contribution in [2.75, 3.05) is 0 Å². The number of pyridine rings is 1. The van der Waals surface area contributed by atoms with Gasteiger partial charge in [0.15, 0.2) is 0 Å². The van der Waals surface area contributed by atoms with Crippen LogP contribution >= 0.6 is 0 Å². The first-order chi connectivity index (χ1) is 10.2. The fourth-order valence-corrected chi connectivity index (χ4v) is 2.64. The minimum absolute atomic E-state index is 0.220. The van der Waals surface area contributed by atoms with E-state index < -0.39 is 0 Å². The van der Waals surface area contributed by atoms with Gasteiger partial charge in [0, 0.05) is 11.6 Å². The molecule has 3 rings (SSSR count). The maximum atomic E-state index is 6.53. The van der Waals surface area contributed by atoms with E-state index in [4.69, 9.17) is 5.73 Å². The molecule has 0 saturated heterocycles. The van der Waals surface area contributed by atoms with E-state index in [9.17, 15) is 0 Å². The van der Waals surface area contributed by atoms with Gasteiger partial charge in [-0.15, -0.1) is 0 Å². The van der Waals surface area contributed by atoms with Crippen molar-refractivity contribution >= 4 is 10.9 Å². The van der Waals surface area contributed by atoms with Crippen molar-refractivity contribution in [2.24, 2.45) is 5.73 Å². The fraction of sp³-hybridized carbons (Fsp3) is 0.235. The molecule has 0 saturated carbocycles. The normalized spacial score (nSPS) is 12.5. The second-order valence-corrected chi connectivity index (χ2v) is 5.14. The van der Waals surface area contributed by atoms with Gasteiger partial charge in [-0.05, 0) is 42.7 Å². The molecule has 4 heteroatoms. The van der Waals surface area contributed by atoms with Crippen molar-refractivity contribution < 1.29 is 0 Å². The molecule has 3 aromatic rings. The monoisotopic (exact) mass is 278 g/mol. The highest BCUT2D eigenvalue weighted by atomic mass is 15.1. The number of aromatic nitrogens is 3. The van der Waals surface area contributed by atoms with E-state index in [0.29, 0.717) is 0 Å². The fourth-order valence-electron chi connectivity index (χ4n) is 2.64. The lowest BCUT2D eigenvalue weighted by Gasteiger charge is -2.17. The largest absolute Gasteiger partial charge is 0.320 e. The lowest BCUT2D eigenvalue weighted by atomic mass is 9.94. The first-order valence-corrected chi connectivity index (χ1v) is 7.13. The summed E-state index contributed by atoms with van der Waals surface area (Å²) in [5, 5.41) is 9.50. The first-order valence-electron chi connectivity index (χ1n) is 7.13. The number of benzene rings is 1. The van der Waals surface area contributed by atoms with Crippen molar-refractivity contribution in [1.29, 1.82) is 0 Å². The van der Waals surface area contributed by atoms with Gasteiger partial charge >= 0.3 is 0 Å². The van der Waals surface area contributed by atoms with Gasteiger partial charge in [0.2, 0.25) is 0 Å². The van der Waals surface area contributed by atoms with Gasteiger partial charge in [-0.1, -0.05) is 25.1 Å². The summed E-state index contributed by atoms with van der Waals surface area (Å²) in [6, 6.07) is 11.9. The second-order valence-electron chi connectivity index (χ2n) is 5.14. The summed E-state index contributed by atoms with van der Waals surface area (Å²) in [7, 11) is 0. The van der Waals surface area contributed by atoms with Gasteiger partial charge in [-0.3, -0.25) is 4.98 Å². The number of aryl methyl sites for hydroxylation is 2. The number of fused-ring (bicyclic) bond motifs is 1.